The predicted octanol–water partition coefficient (Wildman–Crippen LogP) is 3.27. The SMILES string of the molecule is CC(=O)/C(C#N)=C/c1ccc(O)cc1.N#C/C(=C\c1ccc(O)cc1)C(=O)O. The van der Waals surface area contributed by atoms with Gasteiger partial charge in [0.25, 0.3) is 0 Å². The highest BCUT2D eigenvalue weighted by atomic mass is 16.4. The van der Waals surface area contributed by atoms with Crippen LogP contribution < -0.4 is 0 Å². The molecular formula is C21H16N2O5. The number of hydrogen-bond donors (Lipinski definition) is 3. The van der Waals surface area contributed by atoms with Crippen LogP contribution in [-0.4, -0.2) is 27.1 Å². The standard InChI is InChI=1S/C11H9NO2.C10H7NO3/c1-8(13)10(7-12)6-9-2-4-11(14)5-3-9;11-6-8(10(13)14)5-7-1-3-9(12)4-2-7/h2-6,14H,1H3;1-5,12H,(H,13,14)/b10-6+;8-5+. The minimum Gasteiger partial charge on any atom is -0.508 e. The molecule has 0 aliphatic heterocycles. The Balaban J connectivity index is 0.000000280. The molecule has 0 fully saturated rings. The van der Waals surface area contributed by atoms with E-state index in [9.17, 15) is 9.59 Å². The fraction of sp³-hybridized carbons (Fsp3) is 0.0476. The van der Waals surface area contributed by atoms with Crippen molar-refractivity contribution in [2.75, 3.05) is 0 Å². The van der Waals surface area contributed by atoms with Gasteiger partial charge in [-0.25, -0.2) is 4.79 Å². The van der Waals surface area contributed by atoms with Crippen molar-refractivity contribution >= 4 is 23.9 Å². The number of nitriles is 2. The summed E-state index contributed by atoms with van der Waals surface area (Å²) in [5, 5.41) is 43.6. The van der Waals surface area contributed by atoms with Crippen molar-refractivity contribution in [2.45, 2.75) is 6.92 Å². The highest BCUT2D eigenvalue weighted by Crippen LogP contribution is 2.13. The number of carbonyl (C=O) groups is 2. The maximum atomic E-state index is 10.9. The number of hydrogen-bond acceptors (Lipinski definition) is 6. The van der Waals surface area contributed by atoms with Gasteiger partial charge in [0, 0.05) is 0 Å². The van der Waals surface area contributed by atoms with Gasteiger partial charge >= 0.3 is 5.97 Å². The third-order valence-electron chi connectivity index (χ3n) is 3.26. The molecule has 0 unspecified atom stereocenters. The minimum absolute atomic E-state index is 0.0935. The number of carboxylic acids is 1. The van der Waals surface area contributed by atoms with E-state index in [1.165, 1.54) is 55.5 Å². The van der Waals surface area contributed by atoms with Gasteiger partial charge in [0.15, 0.2) is 5.78 Å². The Hall–Kier alpha value is -4.36. The highest BCUT2D eigenvalue weighted by molar-refractivity contribution is 6.01. The van der Waals surface area contributed by atoms with Gasteiger partial charge in [-0.2, -0.15) is 10.5 Å². The van der Waals surface area contributed by atoms with E-state index in [0.717, 1.165) is 5.56 Å². The van der Waals surface area contributed by atoms with Crippen LogP contribution in [0, 0.1) is 22.7 Å². The molecule has 0 saturated carbocycles. The Kier molecular flexibility index (Phi) is 8.20. The number of ketones is 1. The summed E-state index contributed by atoms with van der Waals surface area (Å²) < 4.78 is 0. The van der Waals surface area contributed by atoms with Crippen LogP contribution in [0.25, 0.3) is 12.2 Å². The molecule has 7 heteroatoms. The van der Waals surface area contributed by atoms with Gasteiger partial charge in [0.1, 0.15) is 29.2 Å². The zero-order valence-electron chi connectivity index (χ0n) is 14.8. The number of rotatable bonds is 4. The van der Waals surface area contributed by atoms with Crippen LogP contribution in [0.5, 0.6) is 11.5 Å². The van der Waals surface area contributed by atoms with E-state index in [1.54, 1.807) is 18.2 Å². The van der Waals surface area contributed by atoms with E-state index in [2.05, 4.69) is 0 Å². The van der Waals surface area contributed by atoms with Crippen LogP contribution in [0.15, 0.2) is 59.7 Å². The number of carbonyl (C=O) groups excluding carboxylic acids is 1. The lowest BCUT2D eigenvalue weighted by Crippen LogP contribution is -1.97. The normalized spacial score (nSPS) is 10.7. The van der Waals surface area contributed by atoms with Gasteiger partial charge in [0.05, 0.1) is 5.57 Å². The molecule has 28 heavy (non-hydrogen) atoms. The predicted molar refractivity (Wildman–Crippen MR) is 102 cm³/mol. The van der Waals surface area contributed by atoms with Crippen molar-refractivity contribution < 1.29 is 24.9 Å². The summed E-state index contributed by atoms with van der Waals surface area (Å²) in [6.45, 7) is 1.34. The summed E-state index contributed by atoms with van der Waals surface area (Å²) in [6, 6.07) is 15.5. The van der Waals surface area contributed by atoms with Crippen molar-refractivity contribution in [1.29, 1.82) is 10.5 Å². The Morgan fingerprint density at radius 2 is 1.14 bits per heavy atom. The van der Waals surface area contributed by atoms with Crippen molar-refractivity contribution in [3.63, 3.8) is 0 Å². The molecule has 0 spiro atoms. The van der Waals surface area contributed by atoms with E-state index < -0.39 is 5.97 Å². The average molecular weight is 376 g/mol. The summed E-state index contributed by atoms with van der Waals surface area (Å²) >= 11 is 0. The Bertz CT molecular complexity index is 906. The van der Waals surface area contributed by atoms with Crippen molar-refractivity contribution in [1.82, 2.24) is 0 Å². The largest absolute Gasteiger partial charge is 0.508 e. The third-order valence-corrected chi connectivity index (χ3v) is 3.26. The van der Waals surface area contributed by atoms with E-state index in [4.69, 9.17) is 25.8 Å². The zero-order valence-corrected chi connectivity index (χ0v) is 14.8. The molecule has 2 aromatic rings. The first-order chi connectivity index (χ1) is 13.3. The molecule has 0 bridgehead atoms. The van der Waals surface area contributed by atoms with Crippen LogP contribution >= 0.6 is 0 Å². The highest BCUT2D eigenvalue weighted by Gasteiger charge is 2.05. The maximum absolute atomic E-state index is 10.9. The van der Waals surface area contributed by atoms with Gasteiger partial charge in [-0.3, -0.25) is 4.79 Å². The molecule has 0 radical (unpaired) electrons. The lowest BCUT2D eigenvalue weighted by Gasteiger charge is -1.95. The van der Waals surface area contributed by atoms with Crippen molar-refractivity contribution in [2.24, 2.45) is 0 Å². The van der Waals surface area contributed by atoms with Gasteiger partial charge < -0.3 is 15.3 Å². The Morgan fingerprint density at radius 3 is 1.43 bits per heavy atom. The molecule has 3 N–H and O–H groups in total. The van der Waals surface area contributed by atoms with Gasteiger partial charge in [-0.05, 0) is 54.5 Å². The number of aromatic hydroxyl groups is 2. The van der Waals surface area contributed by atoms with Gasteiger partial charge in [-0.1, -0.05) is 24.3 Å². The summed E-state index contributed by atoms with van der Waals surface area (Å²) in [5.74, 6) is -1.28. The van der Waals surface area contributed by atoms with Crippen molar-refractivity contribution in [3.8, 4) is 23.6 Å². The fourth-order valence-electron chi connectivity index (χ4n) is 1.83. The van der Waals surface area contributed by atoms with E-state index in [-0.39, 0.29) is 28.4 Å². The molecule has 0 heterocycles. The summed E-state index contributed by atoms with van der Waals surface area (Å²) in [5.41, 5.74) is 1.04. The zero-order chi connectivity index (χ0) is 21.1. The first-order valence-electron chi connectivity index (χ1n) is 7.82. The van der Waals surface area contributed by atoms with E-state index in [1.807, 2.05) is 6.07 Å². The topological polar surface area (TPSA) is 142 Å². The lowest BCUT2D eigenvalue weighted by atomic mass is 10.1. The van der Waals surface area contributed by atoms with Crippen LogP contribution in [0.4, 0.5) is 0 Å². The smallest absolute Gasteiger partial charge is 0.346 e. The van der Waals surface area contributed by atoms with Crippen LogP contribution in [-0.2, 0) is 9.59 Å². The van der Waals surface area contributed by atoms with Gasteiger partial charge in [-0.15, -0.1) is 0 Å². The van der Waals surface area contributed by atoms with Crippen LogP contribution in [0.2, 0.25) is 0 Å². The summed E-state index contributed by atoms with van der Waals surface area (Å²) in [6.07, 6.45) is 2.73. The molecule has 7 nitrogen and oxygen atoms in total. The molecule has 140 valence electrons. The van der Waals surface area contributed by atoms with E-state index in [0.29, 0.717) is 5.56 Å². The Labute approximate surface area is 161 Å². The monoisotopic (exact) mass is 376 g/mol. The third kappa shape index (κ3) is 7.26. The number of benzene rings is 2. The quantitative estimate of drug-likeness (QED) is 0.549. The molecule has 0 aliphatic carbocycles. The summed E-state index contributed by atoms with van der Waals surface area (Å²) in [4.78, 5) is 21.4. The second-order valence-electron chi connectivity index (χ2n) is 5.38. The van der Waals surface area contributed by atoms with Crippen LogP contribution in [0.3, 0.4) is 0 Å². The number of phenolic OH excluding ortho intramolecular Hbond substituents is 2. The number of aliphatic carboxylic acids is 1. The first kappa shape index (κ1) is 21.7. The molecule has 2 aromatic carbocycles. The molecule has 0 atom stereocenters. The second kappa shape index (κ2) is 10.6. The fourth-order valence-corrected chi connectivity index (χ4v) is 1.83. The molecule has 0 aromatic heterocycles. The molecular weight excluding hydrogens is 360 g/mol. The number of Topliss-reactive ketones (excluding diaryl/α,β-unsaturated/α-hetero) is 1. The van der Waals surface area contributed by atoms with Crippen molar-refractivity contribution in [3.05, 3.63) is 70.8 Å². The number of nitrogens with zero attached hydrogens (tertiary/aromatic N) is 2. The number of phenols is 2. The molecule has 0 saturated heterocycles. The minimum atomic E-state index is -1.26. The Morgan fingerprint density at radius 1 is 0.786 bits per heavy atom. The second-order valence-corrected chi connectivity index (χ2v) is 5.38. The maximum Gasteiger partial charge on any atom is 0.346 e. The summed E-state index contributed by atoms with van der Waals surface area (Å²) in [7, 11) is 0. The van der Waals surface area contributed by atoms with E-state index >= 15 is 0 Å². The van der Waals surface area contributed by atoms with Crippen LogP contribution in [0.1, 0.15) is 18.1 Å². The first-order valence-corrected chi connectivity index (χ1v) is 7.82. The number of allylic oxidation sites excluding steroid dienone is 1. The molecule has 2 rings (SSSR count). The van der Waals surface area contributed by atoms with Gasteiger partial charge in [0.2, 0.25) is 0 Å². The lowest BCUT2D eigenvalue weighted by molar-refractivity contribution is -0.132. The molecule has 0 amide bonds. The average Bonchev–Trinajstić information content (AvgIpc) is 2.67. The molecule has 0 aliphatic rings. The number of carboxylic acid groups (broad SMARTS) is 1.